The molecule has 0 saturated carbocycles. The van der Waals surface area contributed by atoms with E-state index < -0.39 is 18.0 Å². The lowest BCUT2D eigenvalue weighted by Gasteiger charge is -2.30. The first-order valence-corrected chi connectivity index (χ1v) is 9.54. The minimum atomic E-state index is -0.566. The van der Waals surface area contributed by atoms with E-state index in [4.69, 9.17) is 31.2 Å². The van der Waals surface area contributed by atoms with Crippen molar-refractivity contribution in [2.75, 3.05) is 27.4 Å². The maximum Gasteiger partial charge on any atom is 0.344 e. The van der Waals surface area contributed by atoms with Crippen LogP contribution in [0.5, 0.6) is 11.5 Å². The van der Waals surface area contributed by atoms with Crippen LogP contribution in [0.2, 0.25) is 0 Å². The zero-order chi connectivity index (χ0) is 20.8. The molecule has 0 unspecified atom stereocenters. The second-order valence-electron chi connectivity index (χ2n) is 5.68. The SMILES string of the molecule is CCOC(=O)COc1cc(Br)c([C@@H]2NC(=S)NC(C)=C2C(=O)OC)cc1OC. The molecule has 8 nitrogen and oxygen atoms in total. The van der Waals surface area contributed by atoms with Crippen LogP contribution in [-0.2, 0) is 19.1 Å². The first-order chi connectivity index (χ1) is 13.3. The van der Waals surface area contributed by atoms with Crippen molar-refractivity contribution < 1.29 is 28.5 Å². The average molecular weight is 473 g/mol. The molecule has 28 heavy (non-hydrogen) atoms. The van der Waals surface area contributed by atoms with Crippen molar-refractivity contribution in [1.29, 1.82) is 0 Å². The molecule has 0 aromatic heterocycles. The number of hydrogen-bond donors (Lipinski definition) is 2. The van der Waals surface area contributed by atoms with E-state index in [1.807, 2.05) is 0 Å². The lowest BCUT2D eigenvalue weighted by molar-refractivity contribution is -0.145. The second kappa shape index (κ2) is 9.74. The highest BCUT2D eigenvalue weighted by Crippen LogP contribution is 2.39. The number of rotatable bonds is 7. The summed E-state index contributed by atoms with van der Waals surface area (Å²) < 4.78 is 21.3. The van der Waals surface area contributed by atoms with Gasteiger partial charge in [0.1, 0.15) is 0 Å². The third-order valence-electron chi connectivity index (χ3n) is 3.92. The van der Waals surface area contributed by atoms with E-state index in [9.17, 15) is 9.59 Å². The van der Waals surface area contributed by atoms with Gasteiger partial charge < -0.3 is 29.6 Å². The first-order valence-electron chi connectivity index (χ1n) is 8.34. The Morgan fingerprint density at radius 2 is 1.96 bits per heavy atom. The van der Waals surface area contributed by atoms with E-state index in [-0.39, 0.29) is 13.2 Å². The minimum Gasteiger partial charge on any atom is -0.493 e. The van der Waals surface area contributed by atoms with E-state index in [1.165, 1.54) is 14.2 Å². The molecule has 1 atom stereocenters. The standard InChI is InChI=1S/C18H21BrN2O6S/c1-5-26-14(22)8-27-13-7-11(19)10(6-12(13)24-3)16-15(17(23)25-4)9(2)20-18(28)21-16/h6-7,16H,5,8H2,1-4H3,(H2,20,21,28)/t16-/m0/s1. The van der Waals surface area contributed by atoms with Gasteiger partial charge in [-0.15, -0.1) is 0 Å². The molecule has 0 bridgehead atoms. The van der Waals surface area contributed by atoms with Gasteiger partial charge in [-0.3, -0.25) is 0 Å². The summed E-state index contributed by atoms with van der Waals surface area (Å²) in [6.45, 7) is 3.48. The summed E-state index contributed by atoms with van der Waals surface area (Å²) in [6.07, 6.45) is 0. The van der Waals surface area contributed by atoms with Gasteiger partial charge in [0, 0.05) is 10.2 Å². The van der Waals surface area contributed by atoms with Gasteiger partial charge in [-0.25, -0.2) is 9.59 Å². The largest absolute Gasteiger partial charge is 0.493 e. The Kier molecular flexibility index (Phi) is 7.64. The molecule has 0 aliphatic carbocycles. The molecular weight excluding hydrogens is 452 g/mol. The van der Waals surface area contributed by atoms with Crippen molar-refractivity contribution in [1.82, 2.24) is 10.6 Å². The number of ether oxygens (including phenoxy) is 4. The molecule has 1 aromatic carbocycles. The van der Waals surface area contributed by atoms with Gasteiger partial charge in [-0.05, 0) is 43.8 Å². The van der Waals surface area contributed by atoms with E-state index >= 15 is 0 Å². The third-order valence-corrected chi connectivity index (χ3v) is 4.83. The Bertz CT molecular complexity index is 827. The number of nitrogens with one attached hydrogen (secondary N) is 2. The lowest BCUT2D eigenvalue weighted by atomic mass is 9.95. The number of thiocarbonyl (C=S) groups is 1. The van der Waals surface area contributed by atoms with Crippen LogP contribution in [0.1, 0.15) is 25.5 Å². The molecule has 0 radical (unpaired) electrons. The first kappa shape index (κ1) is 22.0. The van der Waals surface area contributed by atoms with Gasteiger partial charge in [-0.1, -0.05) is 15.9 Å². The fourth-order valence-corrected chi connectivity index (χ4v) is 3.51. The summed E-state index contributed by atoms with van der Waals surface area (Å²) in [5.41, 5.74) is 1.66. The number of allylic oxidation sites excluding steroid dienone is 1. The summed E-state index contributed by atoms with van der Waals surface area (Å²) in [7, 11) is 2.79. The number of carbonyl (C=O) groups excluding carboxylic acids is 2. The molecule has 10 heteroatoms. The quantitative estimate of drug-likeness (QED) is 0.457. The van der Waals surface area contributed by atoms with Gasteiger partial charge in [-0.2, -0.15) is 0 Å². The lowest BCUT2D eigenvalue weighted by Crippen LogP contribution is -2.45. The van der Waals surface area contributed by atoms with Crippen molar-refractivity contribution in [3.63, 3.8) is 0 Å². The van der Waals surface area contributed by atoms with Gasteiger partial charge in [0.15, 0.2) is 23.2 Å². The minimum absolute atomic E-state index is 0.252. The molecule has 0 spiro atoms. The summed E-state index contributed by atoms with van der Waals surface area (Å²) >= 11 is 8.72. The third kappa shape index (κ3) is 4.93. The highest BCUT2D eigenvalue weighted by atomic mass is 79.9. The van der Waals surface area contributed by atoms with Crippen molar-refractivity contribution in [2.45, 2.75) is 19.9 Å². The number of carbonyl (C=O) groups is 2. The van der Waals surface area contributed by atoms with E-state index in [2.05, 4.69) is 26.6 Å². The zero-order valence-electron chi connectivity index (χ0n) is 15.9. The van der Waals surface area contributed by atoms with E-state index in [0.29, 0.717) is 37.9 Å². The molecule has 1 heterocycles. The van der Waals surface area contributed by atoms with Gasteiger partial charge in [0.25, 0.3) is 0 Å². The van der Waals surface area contributed by atoms with Crippen LogP contribution in [0.25, 0.3) is 0 Å². The fraction of sp³-hybridized carbons (Fsp3) is 0.389. The zero-order valence-corrected chi connectivity index (χ0v) is 18.3. The molecule has 1 aliphatic heterocycles. The second-order valence-corrected chi connectivity index (χ2v) is 6.94. The van der Waals surface area contributed by atoms with E-state index in [0.717, 1.165) is 0 Å². The Morgan fingerprint density at radius 1 is 1.25 bits per heavy atom. The van der Waals surface area contributed by atoms with Crippen LogP contribution >= 0.6 is 28.1 Å². The summed E-state index contributed by atoms with van der Waals surface area (Å²) in [5, 5.41) is 6.37. The maximum atomic E-state index is 12.3. The van der Waals surface area contributed by atoms with Crippen molar-refractivity contribution in [3.8, 4) is 11.5 Å². The number of benzene rings is 1. The highest BCUT2D eigenvalue weighted by molar-refractivity contribution is 9.10. The number of hydrogen-bond acceptors (Lipinski definition) is 7. The average Bonchev–Trinajstić information content (AvgIpc) is 2.65. The van der Waals surface area contributed by atoms with Crippen molar-refractivity contribution >= 4 is 45.2 Å². The summed E-state index contributed by atoms with van der Waals surface area (Å²) in [6, 6.07) is 2.79. The molecular formula is C18H21BrN2O6S. The number of halogens is 1. The topological polar surface area (TPSA) is 95.1 Å². The molecule has 0 fully saturated rings. The monoisotopic (exact) mass is 472 g/mol. The Balaban J connectivity index is 2.42. The molecule has 152 valence electrons. The highest BCUT2D eigenvalue weighted by Gasteiger charge is 2.32. The molecule has 1 aromatic rings. The Morgan fingerprint density at radius 3 is 2.57 bits per heavy atom. The smallest absolute Gasteiger partial charge is 0.344 e. The molecule has 0 amide bonds. The van der Waals surface area contributed by atoms with Crippen LogP contribution in [-0.4, -0.2) is 44.5 Å². The Hall–Kier alpha value is -2.33. The van der Waals surface area contributed by atoms with E-state index in [1.54, 1.807) is 26.0 Å². The van der Waals surface area contributed by atoms with Gasteiger partial charge in [0.2, 0.25) is 0 Å². The normalized spacial score (nSPS) is 16.0. The van der Waals surface area contributed by atoms with Crippen LogP contribution in [0.3, 0.4) is 0 Å². The number of esters is 2. The maximum absolute atomic E-state index is 12.3. The predicted molar refractivity (Wildman–Crippen MR) is 109 cm³/mol. The van der Waals surface area contributed by atoms with Crippen LogP contribution in [0.15, 0.2) is 27.9 Å². The van der Waals surface area contributed by atoms with Gasteiger partial charge >= 0.3 is 11.9 Å². The number of methoxy groups -OCH3 is 2. The molecule has 0 saturated heterocycles. The van der Waals surface area contributed by atoms with Crippen LogP contribution in [0, 0.1) is 0 Å². The molecule has 2 N–H and O–H groups in total. The van der Waals surface area contributed by atoms with Crippen molar-refractivity contribution in [3.05, 3.63) is 33.4 Å². The van der Waals surface area contributed by atoms with Crippen molar-refractivity contribution in [2.24, 2.45) is 0 Å². The van der Waals surface area contributed by atoms with Crippen LogP contribution in [0.4, 0.5) is 0 Å². The molecule has 1 aliphatic rings. The van der Waals surface area contributed by atoms with Gasteiger partial charge in [0.05, 0.1) is 32.4 Å². The predicted octanol–water partition coefficient (Wildman–Crippen LogP) is 2.37. The molecule has 2 rings (SSSR count). The summed E-state index contributed by atoms with van der Waals surface area (Å²) in [4.78, 5) is 23.9. The summed E-state index contributed by atoms with van der Waals surface area (Å²) in [5.74, 6) is -0.237. The Labute approximate surface area is 176 Å². The van der Waals surface area contributed by atoms with Crippen LogP contribution < -0.4 is 20.1 Å². The fourth-order valence-electron chi connectivity index (χ4n) is 2.69.